The van der Waals surface area contributed by atoms with E-state index in [1.807, 2.05) is 36.6 Å². The third-order valence-electron chi connectivity index (χ3n) is 5.84. The van der Waals surface area contributed by atoms with Crippen molar-refractivity contribution in [1.82, 2.24) is 25.0 Å². The number of amides is 1. The van der Waals surface area contributed by atoms with E-state index in [0.717, 1.165) is 23.4 Å². The van der Waals surface area contributed by atoms with Crippen molar-refractivity contribution in [1.29, 1.82) is 0 Å². The van der Waals surface area contributed by atoms with E-state index in [1.54, 1.807) is 6.08 Å². The summed E-state index contributed by atoms with van der Waals surface area (Å²) < 4.78 is 7.98. The molecule has 3 aromatic rings. The molecule has 1 saturated carbocycles. The molecule has 2 heterocycles. The molecule has 11 heteroatoms. The van der Waals surface area contributed by atoms with Gasteiger partial charge >= 0.3 is 0 Å². The van der Waals surface area contributed by atoms with Gasteiger partial charge in [0.15, 0.2) is 17.1 Å². The zero-order chi connectivity index (χ0) is 24.8. The molecule has 1 amide bonds. The maximum Gasteiger partial charge on any atom is 0.236 e. The van der Waals surface area contributed by atoms with Gasteiger partial charge in [0, 0.05) is 17.5 Å². The van der Waals surface area contributed by atoms with Gasteiger partial charge in [0.05, 0.1) is 5.75 Å². The fourth-order valence-corrected chi connectivity index (χ4v) is 5.84. The first-order valence-electron chi connectivity index (χ1n) is 11.7. The van der Waals surface area contributed by atoms with E-state index in [4.69, 9.17) is 16.3 Å². The van der Waals surface area contributed by atoms with Gasteiger partial charge in [-0.05, 0) is 50.5 Å². The van der Waals surface area contributed by atoms with E-state index in [0.29, 0.717) is 39.3 Å². The molecule has 8 nitrogen and oxygen atoms in total. The molecular formula is C24H29ClN6O2S2. The van der Waals surface area contributed by atoms with E-state index in [9.17, 15) is 4.79 Å². The maximum absolute atomic E-state index is 12.6. The topological polar surface area (TPSA) is 94.8 Å². The quantitative estimate of drug-likeness (QED) is 0.245. The largest absolute Gasteiger partial charge is 0.483 e. The molecule has 1 N–H and O–H groups in total. The number of thioether (sulfide) groups is 1. The zero-order valence-electron chi connectivity index (χ0n) is 19.9. The highest BCUT2D eigenvalue weighted by molar-refractivity contribution is 7.99. The first-order valence-corrected chi connectivity index (χ1v) is 13.9. The number of rotatable bonds is 10. The van der Waals surface area contributed by atoms with Gasteiger partial charge in [-0.1, -0.05) is 60.0 Å². The van der Waals surface area contributed by atoms with E-state index >= 15 is 0 Å². The van der Waals surface area contributed by atoms with Crippen LogP contribution in [0, 0.1) is 6.92 Å². The Balaban J connectivity index is 1.36. The van der Waals surface area contributed by atoms with Gasteiger partial charge in [-0.15, -0.1) is 27.0 Å². The summed E-state index contributed by atoms with van der Waals surface area (Å²) >= 11 is 8.90. The van der Waals surface area contributed by atoms with Crippen molar-refractivity contribution in [2.45, 2.75) is 69.7 Å². The summed E-state index contributed by atoms with van der Waals surface area (Å²) in [7, 11) is 0. The van der Waals surface area contributed by atoms with Crippen LogP contribution in [-0.2, 0) is 11.3 Å². The van der Waals surface area contributed by atoms with Gasteiger partial charge < -0.3 is 4.74 Å². The summed E-state index contributed by atoms with van der Waals surface area (Å²) in [6, 6.07) is 5.52. The van der Waals surface area contributed by atoms with Crippen LogP contribution in [0.4, 0.5) is 5.13 Å². The summed E-state index contributed by atoms with van der Waals surface area (Å²) in [5, 5.41) is 22.8. The molecule has 186 valence electrons. The molecule has 0 aliphatic heterocycles. The lowest BCUT2D eigenvalue weighted by Crippen LogP contribution is -2.15. The number of aromatic nitrogens is 5. The summed E-state index contributed by atoms with van der Waals surface area (Å²) in [5.41, 5.74) is 0.937. The van der Waals surface area contributed by atoms with Crippen LogP contribution < -0.4 is 10.1 Å². The van der Waals surface area contributed by atoms with Crippen molar-refractivity contribution >= 4 is 45.7 Å². The number of anilines is 1. The number of halogens is 1. The Morgan fingerprint density at radius 3 is 2.86 bits per heavy atom. The molecule has 1 unspecified atom stereocenters. The normalized spacial score (nSPS) is 15.1. The molecule has 4 rings (SSSR count). The molecule has 2 aromatic heterocycles. The van der Waals surface area contributed by atoms with Gasteiger partial charge in [-0.3, -0.25) is 14.7 Å². The molecule has 0 saturated heterocycles. The van der Waals surface area contributed by atoms with Crippen LogP contribution in [0.1, 0.15) is 67.4 Å². The molecule has 1 fully saturated rings. The van der Waals surface area contributed by atoms with Gasteiger partial charge in [-0.2, -0.15) is 0 Å². The third kappa shape index (κ3) is 6.62. The van der Waals surface area contributed by atoms with Gasteiger partial charge in [0.2, 0.25) is 11.0 Å². The number of carbonyl (C=O) groups excluding carboxylic acids is 1. The van der Waals surface area contributed by atoms with Gasteiger partial charge in [-0.25, -0.2) is 0 Å². The average Bonchev–Trinajstić information content (AvgIpc) is 3.48. The number of aryl methyl sites for hydroxylation is 1. The van der Waals surface area contributed by atoms with E-state index in [2.05, 4.69) is 32.3 Å². The summed E-state index contributed by atoms with van der Waals surface area (Å²) in [6.45, 7) is 8.18. The molecular weight excluding hydrogens is 504 g/mol. The van der Waals surface area contributed by atoms with Gasteiger partial charge in [0.1, 0.15) is 10.8 Å². The van der Waals surface area contributed by atoms with E-state index < -0.39 is 0 Å². The lowest BCUT2D eigenvalue weighted by Gasteiger charge is -2.18. The molecule has 0 bridgehead atoms. The molecule has 1 aromatic carbocycles. The fourth-order valence-electron chi connectivity index (χ4n) is 4.04. The highest BCUT2D eigenvalue weighted by Gasteiger charge is 2.22. The number of allylic oxidation sites excluding steroid dienone is 1. The fraction of sp³-hybridized carbons (Fsp3) is 0.458. The predicted octanol–water partition coefficient (Wildman–Crippen LogP) is 6.20. The number of benzene rings is 1. The predicted molar refractivity (Wildman–Crippen MR) is 141 cm³/mol. The average molecular weight is 533 g/mol. The molecule has 1 aliphatic carbocycles. The van der Waals surface area contributed by atoms with Crippen LogP contribution in [0.5, 0.6) is 5.75 Å². The van der Waals surface area contributed by atoms with Crippen molar-refractivity contribution in [3.05, 3.63) is 52.3 Å². The minimum Gasteiger partial charge on any atom is -0.483 e. The minimum absolute atomic E-state index is 0.156. The van der Waals surface area contributed by atoms with Crippen LogP contribution in [0.3, 0.4) is 0 Å². The van der Waals surface area contributed by atoms with Crippen LogP contribution in [0.25, 0.3) is 0 Å². The number of ether oxygens (including phenoxy) is 1. The second-order valence-corrected chi connectivity index (χ2v) is 10.9. The Morgan fingerprint density at radius 2 is 2.11 bits per heavy atom. The molecule has 1 aliphatic rings. The monoisotopic (exact) mass is 532 g/mol. The number of hydrogen-bond donors (Lipinski definition) is 1. The zero-order valence-corrected chi connectivity index (χ0v) is 22.3. The number of hydrogen-bond acceptors (Lipinski definition) is 8. The Labute approximate surface area is 218 Å². The second-order valence-electron chi connectivity index (χ2n) is 8.53. The smallest absolute Gasteiger partial charge is 0.236 e. The second kappa shape index (κ2) is 12.0. The number of carbonyl (C=O) groups is 1. The Morgan fingerprint density at radius 1 is 1.31 bits per heavy atom. The first kappa shape index (κ1) is 25.7. The van der Waals surface area contributed by atoms with Crippen molar-refractivity contribution < 1.29 is 9.53 Å². The highest BCUT2D eigenvalue weighted by Crippen LogP contribution is 2.35. The van der Waals surface area contributed by atoms with Crippen LogP contribution in [0.15, 0.2) is 36.0 Å². The minimum atomic E-state index is -0.356. The van der Waals surface area contributed by atoms with Crippen molar-refractivity contribution in [2.24, 2.45) is 0 Å². The standard InChI is InChI=1S/C24H29ClN6O2S2/c1-4-12-31-21(16(3)33-18-10-11-19(25)15(2)13-18)27-30-24(31)34-14-20(32)26-23-29-28-22(35-23)17-8-6-5-7-9-17/h4,10-11,13,16-17H,1,5-9,12,14H2,2-3H3,(H,26,29,32). The van der Waals surface area contributed by atoms with E-state index in [-0.39, 0.29) is 17.8 Å². The van der Waals surface area contributed by atoms with Crippen LogP contribution in [0.2, 0.25) is 5.02 Å². The summed E-state index contributed by atoms with van der Waals surface area (Å²) in [6.07, 6.45) is 7.48. The summed E-state index contributed by atoms with van der Waals surface area (Å²) in [4.78, 5) is 12.6. The number of nitrogens with zero attached hydrogens (tertiary/aromatic N) is 5. The van der Waals surface area contributed by atoms with Gasteiger partial charge in [0.25, 0.3) is 0 Å². The third-order valence-corrected chi connectivity index (χ3v) is 8.23. The van der Waals surface area contributed by atoms with Crippen LogP contribution >= 0.6 is 34.7 Å². The lowest BCUT2D eigenvalue weighted by molar-refractivity contribution is -0.113. The Kier molecular flexibility index (Phi) is 8.80. The molecule has 35 heavy (non-hydrogen) atoms. The molecule has 0 spiro atoms. The molecule has 0 radical (unpaired) electrons. The van der Waals surface area contributed by atoms with Crippen molar-refractivity contribution in [2.75, 3.05) is 11.1 Å². The molecule has 1 atom stereocenters. The van der Waals surface area contributed by atoms with E-state index in [1.165, 1.54) is 42.4 Å². The van der Waals surface area contributed by atoms with Crippen molar-refractivity contribution in [3.63, 3.8) is 0 Å². The highest BCUT2D eigenvalue weighted by atomic mass is 35.5. The lowest BCUT2D eigenvalue weighted by atomic mass is 9.90. The number of nitrogens with one attached hydrogen (secondary N) is 1. The SMILES string of the molecule is C=CCn1c(SCC(=O)Nc2nnc(C3CCCCC3)s2)nnc1C(C)Oc1ccc(Cl)c(C)c1. The Bertz CT molecular complexity index is 1170. The Hall–Kier alpha value is -2.43. The maximum atomic E-state index is 12.6. The van der Waals surface area contributed by atoms with Crippen LogP contribution in [-0.4, -0.2) is 36.6 Å². The first-order chi connectivity index (χ1) is 16.9. The summed E-state index contributed by atoms with van der Waals surface area (Å²) in [5.74, 6) is 1.85. The van der Waals surface area contributed by atoms with Crippen molar-refractivity contribution in [3.8, 4) is 5.75 Å².